The maximum atomic E-state index is 4.29. The summed E-state index contributed by atoms with van der Waals surface area (Å²) in [5.41, 5.74) is 3.02. The number of aryl methyl sites for hydroxylation is 2. The topological polar surface area (TPSA) is 28.7 Å². The van der Waals surface area contributed by atoms with Gasteiger partial charge in [0.25, 0.3) is 0 Å². The Kier molecular flexibility index (Phi) is 10.9. The van der Waals surface area contributed by atoms with E-state index < -0.39 is 0 Å². The van der Waals surface area contributed by atoms with Crippen LogP contribution in [0.2, 0.25) is 0 Å². The first-order valence-corrected chi connectivity index (χ1v) is 11.4. The third kappa shape index (κ3) is 9.26. The lowest BCUT2D eigenvalue weighted by atomic mass is 9.93. The molecule has 2 aromatic rings. The Labute approximate surface area is 167 Å². The first-order chi connectivity index (χ1) is 13.3. The Balaban J connectivity index is 1.55. The molecule has 2 heteroatoms. The molecule has 0 amide bonds. The van der Waals surface area contributed by atoms with Crippen LogP contribution >= 0.6 is 0 Å². The molecule has 27 heavy (non-hydrogen) atoms. The van der Waals surface area contributed by atoms with Crippen LogP contribution < -0.4 is 0 Å². The molecule has 0 saturated carbocycles. The molecule has 2 nitrogen and oxygen atoms in total. The van der Waals surface area contributed by atoms with E-state index in [9.17, 15) is 0 Å². The van der Waals surface area contributed by atoms with Crippen molar-refractivity contribution in [2.45, 2.75) is 103 Å². The van der Waals surface area contributed by atoms with Gasteiger partial charge in [-0.1, -0.05) is 89.5 Å². The Morgan fingerprint density at radius 3 is 2.19 bits per heavy atom. The monoisotopic (exact) mass is 368 g/mol. The van der Waals surface area contributed by atoms with Gasteiger partial charge in [-0.2, -0.15) is 0 Å². The fourth-order valence-electron chi connectivity index (χ4n) is 3.82. The molecule has 1 unspecified atom stereocenters. The lowest BCUT2D eigenvalue weighted by Crippen LogP contribution is -1.96. The molecule has 1 atom stereocenters. The number of unbranched alkanes of at least 4 members (excludes halogenated alkanes) is 8. The molecule has 0 radical (unpaired) electrons. The van der Waals surface area contributed by atoms with Crippen LogP contribution in [-0.4, -0.2) is 9.97 Å². The van der Waals surface area contributed by atoms with E-state index in [-0.39, 0.29) is 0 Å². The van der Waals surface area contributed by atoms with Crippen molar-refractivity contribution >= 4 is 0 Å². The van der Waals surface area contributed by atoms with E-state index in [1.807, 2.05) is 12.4 Å². The van der Waals surface area contributed by atoms with Gasteiger partial charge in [0.15, 0.2) is 0 Å². The molecule has 0 aliphatic carbocycles. The van der Waals surface area contributed by atoms with Gasteiger partial charge in [-0.05, 0) is 42.7 Å². The molecule has 1 heterocycles. The number of hydrogen-bond acceptors (Lipinski definition) is 1. The van der Waals surface area contributed by atoms with Gasteiger partial charge >= 0.3 is 0 Å². The quantitative estimate of drug-likeness (QED) is 0.322. The fourth-order valence-corrected chi connectivity index (χ4v) is 3.82. The molecule has 0 aliphatic heterocycles. The van der Waals surface area contributed by atoms with Gasteiger partial charge in [0.1, 0.15) is 5.82 Å². The first-order valence-electron chi connectivity index (χ1n) is 11.4. The number of nitrogens with one attached hydrogen (secondary N) is 1. The van der Waals surface area contributed by atoms with Crippen molar-refractivity contribution in [2.75, 3.05) is 0 Å². The van der Waals surface area contributed by atoms with E-state index in [2.05, 4.69) is 48.1 Å². The lowest BCUT2D eigenvalue weighted by Gasteiger charge is -2.12. The molecule has 0 bridgehead atoms. The molecule has 2 rings (SSSR count). The van der Waals surface area contributed by atoms with Gasteiger partial charge in [0.05, 0.1) is 0 Å². The molecule has 150 valence electrons. The zero-order valence-corrected chi connectivity index (χ0v) is 17.7. The molecule has 1 aromatic heterocycles. The predicted molar refractivity (Wildman–Crippen MR) is 117 cm³/mol. The third-order valence-corrected chi connectivity index (χ3v) is 5.72. The predicted octanol–water partition coefficient (Wildman–Crippen LogP) is 7.61. The van der Waals surface area contributed by atoms with Gasteiger partial charge in [0, 0.05) is 18.8 Å². The van der Waals surface area contributed by atoms with Crippen LogP contribution in [-0.2, 0) is 12.8 Å². The van der Waals surface area contributed by atoms with Gasteiger partial charge in [-0.25, -0.2) is 4.98 Å². The summed E-state index contributed by atoms with van der Waals surface area (Å²) in [7, 11) is 0. The fraction of sp³-hybridized carbons (Fsp3) is 0.640. The highest BCUT2D eigenvalue weighted by Gasteiger charge is 2.06. The Hall–Kier alpha value is -1.57. The summed E-state index contributed by atoms with van der Waals surface area (Å²) in [6.07, 6.45) is 20.9. The molecule has 0 aliphatic rings. The normalized spacial score (nSPS) is 12.4. The van der Waals surface area contributed by atoms with Crippen molar-refractivity contribution < 1.29 is 0 Å². The lowest BCUT2D eigenvalue weighted by molar-refractivity contribution is 0.579. The van der Waals surface area contributed by atoms with Crippen molar-refractivity contribution in [1.29, 1.82) is 0 Å². The second kappa shape index (κ2) is 13.6. The van der Waals surface area contributed by atoms with Crippen LogP contribution in [0.1, 0.15) is 107 Å². The van der Waals surface area contributed by atoms with Crippen molar-refractivity contribution in [1.82, 2.24) is 9.97 Å². The van der Waals surface area contributed by atoms with E-state index in [0.29, 0.717) is 5.92 Å². The van der Waals surface area contributed by atoms with Gasteiger partial charge in [-0.15, -0.1) is 0 Å². The molecular formula is C25H40N2. The number of rotatable bonds is 15. The van der Waals surface area contributed by atoms with Gasteiger partial charge in [0.2, 0.25) is 0 Å². The average Bonchev–Trinajstić information content (AvgIpc) is 3.21. The average molecular weight is 369 g/mol. The highest BCUT2D eigenvalue weighted by atomic mass is 14.9. The number of hydrogen-bond donors (Lipinski definition) is 1. The second-order valence-corrected chi connectivity index (χ2v) is 8.15. The van der Waals surface area contributed by atoms with Crippen LogP contribution in [0.25, 0.3) is 0 Å². The maximum Gasteiger partial charge on any atom is 0.105 e. The SMILES string of the molecule is CCCCCCCCCc1ccc(C(C)CCCCCc2ncc[nH]2)cc1. The van der Waals surface area contributed by atoms with E-state index in [0.717, 1.165) is 12.2 Å². The number of benzene rings is 1. The summed E-state index contributed by atoms with van der Waals surface area (Å²) >= 11 is 0. The Bertz CT molecular complexity index is 571. The first kappa shape index (κ1) is 21.7. The zero-order chi connectivity index (χ0) is 19.2. The van der Waals surface area contributed by atoms with Crippen LogP contribution in [0.15, 0.2) is 36.7 Å². The van der Waals surface area contributed by atoms with Crippen LogP contribution in [0.4, 0.5) is 0 Å². The molecule has 0 saturated heterocycles. The third-order valence-electron chi connectivity index (χ3n) is 5.72. The number of aromatic amines is 1. The van der Waals surface area contributed by atoms with Crippen molar-refractivity contribution in [3.63, 3.8) is 0 Å². The zero-order valence-electron chi connectivity index (χ0n) is 17.7. The minimum Gasteiger partial charge on any atom is -0.349 e. The Morgan fingerprint density at radius 2 is 1.48 bits per heavy atom. The summed E-state index contributed by atoms with van der Waals surface area (Å²) in [4.78, 5) is 7.48. The van der Waals surface area contributed by atoms with Gasteiger partial charge < -0.3 is 4.98 Å². The Morgan fingerprint density at radius 1 is 0.815 bits per heavy atom. The number of H-pyrrole nitrogens is 1. The number of aromatic nitrogens is 2. The molecule has 0 spiro atoms. The van der Waals surface area contributed by atoms with E-state index in [1.54, 1.807) is 0 Å². The van der Waals surface area contributed by atoms with Crippen LogP contribution in [0, 0.1) is 0 Å². The standard InChI is InChI=1S/C25H40N2/c1-3-4-5-6-7-8-11-14-23-16-18-24(19-17-23)22(2)13-10-9-12-15-25-26-20-21-27-25/h16-22H,3-15H2,1-2H3,(H,26,27). The summed E-state index contributed by atoms with van der Waals surface area (Å²) < 4.78 is 0. The second-order valence-electron chi connectivity index (χ2n) is 8.15. The van der Waals surface area contributed by atoms with Crippen molar-refractivity contribution in [3.8, 4) is 0 Å². The summed E-state index contributed by atoms with van der Waals surface area (Å²) in [6, 6.07) is 9.45. The largest absolute Gasteiger partial charge is 0.349 e. The highest BCUT2D eigenvalue weighted by Crippen LogP contribution is 2.23. The molecule has 1 aromatic carbocycles. The van der Waals surface area contributed by atoms with Crippen LogP contribution in [0.3, 0.4) is 0 Å². The van der Waals surface area contributed by atoms with E-state index in [1.165, 1.54) is 88.2 Å². The molecule has 1 N–H and O–H groups in total. The van der Waals surface area contributed by atoms with Gasteiger partial charge in [-0.3, -0.25) is 0 Å². The van der Waals surface area contributed by atoms with E-state index >= 15 is 0 Å². The van der Waals surface area contributed by atoms with Crippen LogP contribution in [0.5, 0.6) is 0 Å². The number of imidazole rings is 1. The molecule has 0 fully saturated rings. The molecular weight excluding hydrogens is 328 g/mol. The summed E-state index contributed by atoms with van der Waals surface area (Å²) in [6.45, 7) is 4.66. The maximum absolute atomic E-state index is 4.29. The number of nitrogens with zero attached hydrogens (tertiary/aromatic N) is 1. The van der Waals surface area contributed by atoms with E-state index in [4.69, 9.17) is 0 Å². The summed E-state index contributed by atoms with van der Waals surface area (Å²) in [5, 5.41) is 0. The minimum absolute atomic E-state index is 0.668. The summed E-state index contributed by atoms with van der Waals surface area (Å²) in [5.74, 6) is 1.79. The highest BCUT2D eigenvalue weighted by molar-refractivity contribution is 5.25. The minimum atomic E-state index is 0.668. The van der Waals surface area contributed by atoms with Crippen molar-refractivity contribution in [3.05, 3.63) is 53.6 Å². The smallest absolute Gasteiger partial charge is 0.105 e. The van der Waals surface area contributed by atoms with Crippen molar-refractivity contribution in [2.24, 2.45) is 0 Å².